The van der Waals surface area contributed by atoms with Crippen molar-refractivity contribution in [2.24, 2.45) is 0 Å². The molecule has 2 N–H and O–H groups in total. The quantitative estimate of drug-likeness (QED) is 0.859. The van der Waals surface area contributed by atoms with E-state index < -0.39 is 17.0 Å². The highest BCUT2D eigenvalue weighted by Crippen LogP contribution is 2.22. The maximum Gasteiger partial charge on any atom is 0.195 e. The van der Waals surface area contributed by atoms with Crippen LogP contribution < -0.4 is 0 Å². The van der Waals surface area contributed by atoms with Gasteiger partial charge in [-0.1, -0.05) is 38.1 Å². The first-order valence-corrected chi connectivity index (χ1v) is 6.62. The fourth-order valence-electron chi connectivity index (χ4n) is 2.16. The van der Waals surface area contributed by atoms with E-state index in [1.165, 1.54) is 26.3 Å². The molecule has 0 radical (unpaired) electrons. The molecule has 106 valence electrons. The third-order valence-corrected chi connectivity index (χ3v) is 3.24. The molecule has 0 amide bonds. The van der Waals surface area contributed by atoms with Crippen molar-refractivity contribution in [1.82, 2.24) is 0 Å². The predicted molar refractivity (Wildman–Crippen MR) is 76.2 cm³/mol. The SMILES string of the molecule is CC(C)c1ccc(CC(C)(O)C(=O)C(C)(C)O)cc1. The Hall–Kier alpha value is -1.19. The summed E-state index contributed by atoms with van der Waals surface area (Å²) in [5.41, 5.74) is -0.983. The third-order valence-electron chi connectivity index (χ3n) is 3.24. The van der Waals surface area contributed by atoms with Crippen molar-refractivity contribution in [2.75, 3.05) is 0 Å². The van der Waals surface area contributed by atoms with Gasteiger partial charge in [0.05, 0.1) is 0 Å². The normalized spacial score (nSPS) is 15.4. The van der Waals surface area contributed by atoms with Crippen LogP contribution in [0.2, 0.25) is 0 Å². The zero-order valence-electron chi connectivity index (χ0n) is 12.4. The first-order valence-electron chi connectivity index (χ1n) is 6.62. The standard InChI is InChI=1S/C16H24O3/c1-11(2)13-8-6-12(7-9-13)10-16(5,19)14(17)15(3,4)18/h6-9,11,18-19H,10H2,1-5H3. The van der Waals surface area contributed by atoms with Gasteiger partial charge < -0.3 is 10.2 Å². The largest absolute Gasteiger partial charge is 0.383 e. The molecule has 0 heterocycles. The Labute approximate surface area is 115 Å². The summed E-state index contributed by atoms with van der Waals surface area (Å²) in [6.45, 7) is 8.47. The summed E-state index contributed by atoms with van der Waals surface area (Å²) in [4.78, 5) is 12.0. The van der Waals surface area contributed by atoms with E-state index >= 15 is 0 Å². The summed E-state index contributed by atoms with van der Waals surface area (Å²) in [5.74, 6) is -0.111. The molecule has 0 saturated carbocycles. The number of aliphatic hydroxyl groups is 2. The number of benzene rings is 1. The second kappa shape index (κ2) is 5.43. The van der Waals surface area contributed by atoms with E-state index in [0.717, 1.165) is 5.56 Å². The highest BCUT2D eigenvalue weighted by Gasteiger charge is 2.39. The van der Waals surface area contributed by atoms with Gasteiger partial charge in [-0.2, -0.15) is 0 Å². The van der Waals surface area contributed by atoms with E-state index in [2.05, 4.69) is 13.8 Å². The van der Waals surface area contributed by atoms with Gasteiger partial charge in [-0.05, 0) is 37.8 Å². The molecule has 19 heavy (non-hydrogen) atoms. The van der Waals surface area contributed by atoms with E-state index in [1.54, 1.807) is 0 Å². The predicted octanol–water partition coefficient (Wildman–Crippen LogP) is 2.44. The summed E-state index contributed by atoms with van der Waals surface area (Å²) in [5, 5.41) is 19.9. The van der Waals surface area contributed by atoms with Crippen LogP contribution in [0.15, 0.2) is 24.3 Å². The Morgan fingerprint density at radius 2 is 1.58 bits per heavy atom. The van der Waals surface area contributed by atoms with Crippen molar-refractivity contribution in [3.8, 4) is 0 Å². The molecule has 1 aromatic rings. The molecule has 0 aliphatic heterocycles. The maximum absolute atomic E-state index is 12.0. The second-order valence-electron chi connectivity index (χ2n) is 6.24. The average Bonchev–Trinajstić information content (AvgIpc) is 2.27. The lowest BCUT2D eigenvalue weighted by atomic mass is 9.84. The van der Waals surface area contributed by atoms with Crippen molar-refractivity contribution in [1.29, 1.82) is 0 Å². The van der Waals surface area contributed by atoms with Gasteiger partial charge in [0.25, 0.3) is 0 Å². The molecule has 3 nitrogen and oxygen atoms in total. The minimum Gasteiger partial charge on any atom is -0.383 e. The molecule has 1 rings (SSSR count). The van der Waals surface area contributed by atoms with Crippen LogP contribution in [-0.4, -0.2) is 27.2 Å². The van der Waals surface area contributed by atoms with E-state index in [0.29, 0.717) is 5.92 Å². The number of hydrogen-bond acceptors (Lipinski definition) is 3. The molecular weight excluding hydrogens is 240 g/mol. The first kappa shape index (κ1) is 15.9. The van der Waals surface area contributed by atoms with Crippen LogP contribution in [0, 0.1) is 0 Å². The van der Waals surface area contributed by atoms with Gasteiger partial charge in [-0.3, -0.25) is 4.79 Å². The van der Waals surface area contributed by atoms with Gasteiger partial charge in [0.15, 0.2) is 5.78 Å². The number of carbonyl (C=O) groups is 1. The Morgan fingerprint density at radius 3 is 1.95 bits per heavy atom. The van der Waals surface area contributed by atoms with Crippen molar-refractivity contribution in [3.63, 3.8) is 0 Å². The van der Waals surface area contributed by atoms with E-state index in [1.807, 2.05) is 24.3 Å². The van der Waals surface area contributed by atoms with Crippen molar-refractivity contribution in [2.45, 2.75) is 58.2 Å². The Morgan fingerprint density at radius 1 is 1.11 bits per heavy atom. The molecule has 0 saturated heterocycles. The van der Waals surface area contributed by atoms with Gasteiger partial charge in [0, 0.05) is 6.42 Å². The van der Waals surface area contributed by atoms with Crippen LogP contribution in [0.1, 0.15) is 51.7 Å². The van der Waals surface area contributed by atoms with Crippen LogP contribution in [0.3, 0.4) is 0 Å². The van der Waals surface area contributed by atoms with Crippen LogP contribution in [-0.2, 0) is 11.2 Å². The van der Waals surface area contributed by atoms with E-state index in [-0.39, 0.29) is 6.42 Å². The lowest BCUT2D eigenvalue weighted by Crippen LogP contribution is -2.49. The van der Waals surface area contributed by atoms with Gasteiger partial charge in [0.1, 0.15) is 11.2 Å². The lowest BCUT2D eigenvalue weighted by molar-refractivity contribution is -0.152. The van der Waals surface area contributed by atoms with Gasteiger partial charge in [0.2, 0.25) is 0 Å². The second-order valence-corrected chi connectivity index (χ2v) is 6.24. The van der Waals surface area contributed by atoms with Crippen LogP contribution >= 0.6 is 0 Å². The van der Waals surface area contributed by atoms with Crippen LogP contribution in [0.4, 0.5) is 0 Å². The molecule has 0 aliphatic rings. The Bertz CT molecular complexity index is 436. The topological polar surface area (TPSA) is 57.5 Å². The molecule has 1 atom stereocenters. The number of rotatable bonds is 5. The van der Waals surface area contributed by atoms with E-state index in [9.17, 15) is 15.0 Å². The first-order chi connectivity index (χ1) is 8.54. The van der Waals surface area contributed by atoms with Crippen molar-refractivity contribution < 1.29 is 15.0 Å². The van der Waals surface area contributed by atoms with Gasteiger partial charge in [-0.15, -0.1) is 0 Å². The van der Waals surface area contributed by atoms with Gasteiger partial charge >= 0.3 is 0 Å². The molecule has 0 aromatic heterocycles. The minimum atomic E-state index is -1.56. The summed E-state index contributed by atoms with van der Waals surface area (Å²) in [6.07, 6.45) is 0.203. The third kappa shape index (κ3) is 4.15. The molecule has 1 unspecified atom stereocenters. The lowest BCUT2D eigenvalue weighted by Gasteiger charge is -2.28. The van der Waals surface area contributed by atoms with Crippen molar-refractivity contribution >= 4 is 5.78 Å². The number of carbonyl (C=O) groups excluding carboxylic acids is 1. The fraction of sp³-hybridized carbons (Fsp3) is 0.562. The minimum absolute atomic E-state index is 0.203. The highest BCUT2D eigenvalue weighted by atomic mass is 16.3. The zero-order chi connectivity index (χ0) is 14.8. The average molecular weight is 264 g/mol. The smallest absolute Gasteiger partial charge is 0.195 e. The zero-order valence-corrected chi connectivity index (χ0v) is 12.4. The molecule has 0 spiro atoms. The molecule has 1 aromatic carbocycles. The van der Waals surface area contributed by atoms with Gasteiger partial charge in [-0.25, -0.2) is 0 Å². The monoisotopic (exact) mass is 264 g/mol. The highest BCUT2D eigenvalue weighted by molar-refractivity contribution is 5.93. The summed E-state index contributed by atoms with van der Waals surface area (Å²) in [7, 11) is 0. The number of Topliss-reactive ketones (excluding diaryl/α,β-unsaturated/α-hetero) is 1. The number of ketones is 1. The Kier molecular flexibility index (Phi) is 4.54. The van der Waals surface area contributed by atoms with E-state index in [4.69, 9.17) is 0 Å². The Balaban J connectivity index is 2.87. The molecule has 0 bridgehead atoms. The molecule has 0 aliphatic carbocycles. The number of hydrogen-bond donors (Lipinski definition) is 2. The summed E-state index contributed by atoms with van der Waals surface area (Å²) in [6, 6.07) is 7.85. The fourth-order valence-corrected chi connectivity index (χ4v) is 2.16. The summed E-state index contributed by atoms with van der Waals surface area (Å²) < 4.78 is 0. The van der Waals surface area contributed by atoms with Crippen molar-refractivity contribution in [3.05, 3.63) is 35.4 Å². The van der Waals surface area contributed by atoms with Crippen LogP contribution in [0.5, 0.6) is 0 Å². The molecular formula is C16H24O3. The maximum atomic E-state index is 12.0. The molecule has 0 fully saturated rings. The molecule has 3 heteroatoms. The van der Waals surface area contributed by atoms with Crippen LogP contribution in [0.25, 0.3) is 0 Å². The summed E-state index contributed by atoms with van der Waals surface area (Å²) >= 11 is 0.